The Bertz CT molecular complexity index is 636. The Morgan fingerprint density at radius 1 is 1.17 bits per heavy atom. The number of piperazine rings is 1. The zero-order valence-electron chi connectivity index (χ0n) is 18.3. The van der Waals surface area contributed by atoms with Gasteiger partial charge in [0.15, 0.2) is 5.96 Å². The standard InChI is InChI=1S/C21H36N6O2/c1-21(2,3)29-20(28)27-16-14-26(15-17-27)13-7-11-24-19(22-4)25-12-9-18-8-5-6-10-23-18/h5-6,8,10H,7,9,11-17H2,1-4H3,(H2,22,24,25). The lowest BCUT2D eigenvalue weighted by Crippen LogP contribution is -2.50. The van der Waals surface area contributed by atoms with E-state index in [0.29, 0.717) is 0 Å². The van der Waals surface area contributed by atoms with E-state index >= 15 is 0 Å². The Morgan fingerprint density at radius 2 is 1.90 bits per heavy atom. The van der Waals surface area contributed by atoms with Crippen LogP contribution in [0.2, 0.25) is 0 Å². The lowest BCUT2D eigenvalue weighted by atomic mass is 10.2. The molecule has 0 saturated carbocycles. The minimum atomic E-state index is -0.440. The van der Waals surface area contributed by atoms with Crippen LogP contribution < -0.4 is 10.6 Å². The van der Waals surface area contributed by atoms with Crippen molar-refractivity contribution in [3.63, 3.8) is 0 Å². The van der Waals surface area contributed by atoms with Crippen LogP contribution in [0.1, 0.15) is 32.9 Å². The number of aliphatic imine (C=N–C) groups is 1. The van der Waals surface area contributed by atoms with Gasteiger partial charge in [0.05, 0.1) is 0 Å². The number of rotatable bonds is 7. The van der Waals surface area contributed by atoms with Crippen LogP contribution in [-0.4, -0.2) is 85.3 Å². The predicted molar refractivity (Wildman–Crippen MR) is 116 cm³/mol. The average molecular weight is 405 g/mol. The quantitative estimate of drug-likeness (QED) is 0.409. The maximum absolute atomic E-state index is 12.1. The minimum absolute atomic E-state index is 0.209. The van der Waals surface area contributed by atoms with E-state index in [1.165, 1.54) is 0 Å². The molecule has 162 valence electrons. The lowest BCUT2D eigenvalue weighted by molar-refractivity contribution is 0.0145. The van der Waals surface area contributed by atoms with Crippen LogP contribution in [0.3, 0.4) is 0 Å². The summed E-state index contributed by atoms with van der Waals surface area (Å²) in [6.07, 6.45) is 3.49. The summed E-state index contributed by atoms with van der Waals surface area (Å²) in [5.74, 6) is 0.815. The molecular formula is C21H36N6O2. The molecule has 29 heavy (non-hydrogen) atoms. The molecule has 1 saturated heterocycles. The fourth-order valence-corrected chi connectivity index (χ4v) is 3.07. The Morgan fingerprint density at radius 3 is 2.52 bits per heavy atom. The van der Waals surface area contributed by atoms with Crippen LogP contribution >= 0.6 is 0 Å². The highest BCUT2D eigenvalue weighted by molar-refractivity contribution is 5.79. The molecule has 2 rings (SSSR count). The fourth-order valence-electron chi connectivity index (χ4n) is 3.07. The third kappa shape index (κ3) is 9.13. The van der Waals surface area contributed by atoms with Gasteiger partial charge in [-0.05, 0) is 45.9 Å². The van der Waals surface area contributed by atoms with E-state index in [2.05, 4.69) is 25.5 Å². The molecule has 1 aromatic rings. The van der Waals surface area contributed by atoms with Gasteiger partial charge in [-0.1, -0.05) is 6.07 Å². The molecular weight excluding hydrogens is 368 g/mol. The van der Waals surface area contributed by atoms with Gasteiger partial charge in [-0.15, -0.1) is 0 Å². The minimum Gasteiger partial charge on any atom is -0.444 e. The molecule has 0 aliphatic carbocycles. The van der Waals surface area contributed by atoms with E-state index in [0.717, 1.165) is 70.3 Å². The van der Waals surface area contributed by atoms with Gasteiger partial charge < -0.3 is 20.3 Å². The summed E-state index contributed by atoms with van der Waals surface area (Å²) < 4.78 is 5.44. The van der Waals surface area contributed by atoms with Gasteiger partial charge in [-0.2, -0.15) is 0 Å². The molecule has 1 aromatic heterocycles. The molecule has 8 nitrogen and oxygen atoms in total. The number of nitrogens with zero attached hydrogens (tertiary/aromatic N) is 4. The maximum Gasteiger partial charge on any atom is 0.410 e. The van der Waals surface area contributed by atoms with E-state index in [-0.39, 0.29) is 6.09 Å². The van der Waals surface area contributed by atoms with Crippen LogP contribution in [-0.2, 0) is 11.2 Å². The summed E-state index contributed by atoms with van der Waals surface area (Å²) in [4.78, 5) is 24.9. The zero-order chi connectivity index (χ0) is 21.1. The Hall–Kier alpha value is -2.35. The number of hydrogen-bond acceptors (Lipinski definition) is 5. The van der Waals surface area contributed by atoms with Crippen molar-refractivity contribution >= 4 is 12.1 Å². The van der Waals surface area contributed by atoms with Gasteiger partial charge in [-0.25, -0.2) is 4.79 Å². The van der Waals surface area contributed by atoms with Crippen molar-refractivity contribution < 1.29 is 9.53 Å². The molecule has 0 radical (unpaired) electrons. The molecule has 0 unspecified atom stereocenters. The van der Waals surface area contributed by atoms with E-state index in [4.69, 9.17) is 4.74 Å². The van der Waals surface area contributed by atoms with Crippen molar-refractivity contribution in [3.05, 3.63) is 30.1 Å². The monoisotopic (exact) mass is 404 g/mol. The number of amides is 1. The van der Waals surface area contributed by atoms with E-state index in [1.54, 1.807) is 11.9 Å². The van der Waals surface area contributed by atoms with Crippen molar-refractivity contribution in [1.29, 1.82) is 0 Å². The highest BCUT2D eigenvalue weighted by Crippen LogP contribution is 2.11. The second-order valence-electron chi connectivity index (χ2n) is 8.16. The highest BCUT2D eigenvalue weighted by Gasteiger charge is 2.25. The molecule has 0 atom stereocenters. The first-order valence-corrected chi connectivity index (χ1v) is 10.4. The zero-order valence-corrected chi connectivity index (χ0v) is 18.3. The summed E-state index contributed by atoms with van der Waals surface area (Å²) >= 11 is 0. The van der Waals surface area contributed by atoms with Crippen molar-refractivity contribution in [1.82, 2.24) is 25.4 Å². The lowest BCUT2D eigenvalue weighted by Gasteiger charge is -2.35. The Labute approximate surface area is 174 Å². The molecule has 0 bridgehead atoms. The van der Waals surface area contributed by atoms with Crippen LogP contribution in [0, 0.1) is 0 Å². The molecule has 0 aromatic carbocycles. The molecule has 1 aliphatic heterocycles. The smallest absolute Gasteiger partial charge is 0.410 e. The number of carbonyl (C=O) groups is 1. The van der Waals surface area contributed by atoms with Crippen LogP contribution in [0.4, 0.5) is 4.79 Å². The summed E-state index contributed by atoms with van der Waals surface area (Å²) in [5.41, 5.74) is 0.630. The summed E-state index contributed by atoms with van der Waals surface area (Å²) in [7, 11) is 1.78. The topological polar surface area (TPSA) is 82.1 Å². The summed E-state index contributed by atoms with van der Waals surface area (Å²) in [6.45, 7) is 11.6. The summed E-state index contributed by atoms with van der Waals surface area (Å²) in [6, 6.07) is 5.96. The van der Waals surface area contributed by atoms with Crippen molar-refractivity contribution in [2.75, 3.05) is 52.9 Å². The number of nitrogens with one attached hydrogen (secondary N) is 2. The Balaban J connectivity index is 1.56. The normalized spacial score (nSPS) is 15.9. The number of ether oxygens (including phenoxy) is 1. The largest absolute Gasteiger partial charge is 0.444 e. The van der Waals surface area contributed by atoms with E-state index in [1.807, 2.05) is 45.2 Å². The number of aromatic nitrogens is 1. The molecule has 8 heteroatoms. The molecule has 1 amide bonds. The van der Waals surface area contributed by atoms with Crippen molar-refractivity contribution in [3.8, 4) is 0 Å². The van der Waals surface area contributed by atoms with Crippen LogP contribution in [0.15, 0.2) is 29.4 Å². The molecule has 0 spiro atoms. The average Bonchev–Trinajstić information content (AvgIpc) is 2.69. The van der Waals surface area contributed by atoms with E-state index < -0.39 is 5.60 Å². The van der Waals surface area contributed by atoms with Gasteiger partial charge in [0.1, 0.15) is 5.60 Å². The second kappa shape index (κ2) is 11.6. The predicted octanol–water partition coefficient (Wildman–Crippen LogP) is 1.73. The van der Waals surface area contributed by atoms with Crippen LogP contribution in [0.5, 0.6) is 0 Å². The Kier molecular flexibility index (Phi) is 9.18. The first-order chi connectivity index (χ1) is 13.9. The van der Waals surface area contributed by atoms with Gasteiger partial charge in [0.2, 0.25) is 0 Å². The molecule has 1 aliphatic rings. The van der Waals surface area contributed by atoms with Gasteiger partial charge in [-0.3, -0.25) is 14.9 Å². The second-order valence-corrected chi connectivity index (χ2v) is 8.16. The van der Waals surface area contributed by atoms with Gasteiger partial charge in [0, 0.05) is 64.6 Å². The summed E-state index contributed by atoms with van der Waals surface area (Å²) in [5, 5.41) is 6.68. The first-order valence-electron chi connectivity index (χ1n) is 10.4. The fraction of sp³-hybridized carbons (Fsp3) is 0.667. The molecule has 2 heterocycles. The van der Waals surface area contributed by atoms with Gasteiger partial charge >= 0.3 is 6.09 Å². The maximum atomic E-state index is 12.1. The number of carbonyl (C=O) groups excluding carboxylic acids is 1. The third-order valence-electron chi connectivity index (χ3n) is 4.59. The molecule has 1 fully saturated rings. The highest BCUT2D eigenvalue weighted by atomic mass is 16.6. The van der Waals surface area contributed by atoms with Gasteiger partial charge in [0.25, 0.3) is 0 Å². The van der Waals surface area contributed by atoms with Crippen LogP contribution in [0.25, 0.3) is 0 Å². The number of guanidine groups is 1. The van der Waals surface area contributed by atoms with Crippen molar-refractivity contribution in [2.24, 2.45) is 4.99 Å². The van der Waals surface area contributed by atoms with E-state index in [9.17, 15) is 4.79 Å². The van der Waals surface area contributed by atoms with Crippen molar-refractivity contribution in [2.45, 2.75) is 39.2 Å². The SMILES string of the molecule is CN=C(NCCCN1CCN(C(=O)OC(C)(C)C)CC1)NCCc1ccccn1. The molecule has 2 N–H and O–H groups in total. The number of pyridine rings is 1. The third-order valence-corrected chi connectivity index (χ3v) is 4.59. The number of hydrogen-bond donors (Lipinski definition) is 2. The first kappa shape index (κ1) is 22.9.